The van der Waals surface area contributed by atoms with E-state index in [0.29, 0.717) is 29.4 Å². The number of ether oxygens (including phenoxy) is 2. The molecule has 35 heavy (non-hydrogen) atoms. The van der Waals surface area contributed by atoms with Crippen LogP contribution in [0, 0.1) is 6.92 Å². The van der Waals surface area contributed by atoms with Crippen LogP contribution >= 0.6 is 44.1 Å². The molecule has 6 nitrogen and oxygen atoms in total. The number of methoxy groups -OCH3 is 1. The molecule has 1 N–H and O–H groups in total. The lowest BCUT2D eigenvalue weighted by Crippen LogP contribution is -2.54. The minimum absolute atomic E-state index is 0.0328. The van der Waals surface area contributed by atoms with Gasteiger partial charge in [-0.1, -0.05) is 56.1 Å². The van der Waals surface area contributed by atoms with E-state index in [1.165, 1.54) is 18.1 Å². The largest absolute Gasteiger partial charge is 0.493 e. The number of rotatable bonds is 6. The molecule has 0 saturated carbocycles. The highest BCUT2D eigenvalue weighted by atomic mass is 79.9. The summed E-state index contributed by atoms with van der Waals surface area (Å²) in [6, 6.07) is 18.4. The molecular weight excluding hydrogens is 596 g/mol. The predicted octanol–water partition coefficient (Wildman–Crippen LogP) is 5.94. The molecule has 1 fully saturated rings. The van der Waals surface area contributed by atoms with Crippen LogP contribution in [0.3, 0.4) is 0 Å². The molecule has 1 heterocycles. The van der Waals surface area contributed by atoms with Gasteiger partial charge in [0.2, 0.25) is 0 Å². The monoisotopic (exact) mass is 614 g/mol. The van der Waals surface area contributed by atoms with Crippen molar-refractivity contribution in [1.29, 1.82) is 0 Å². The van der Waals surface area contributed by atoms with Crippen LogP contribution in [0.2, 0.25) is 0 Å². The van der Waals surface area contributed by atoms with Crippen LogP contribution in [0.4, 0.5) is 5.69 Å². The number of halogens is 2. The summed E-state index contributed by atoms with van der Waals surface area (Å²) >= 11 is 12.2. The molecule has 0 radical (unpaired) electrons. The summed E-state index contributed by atoms with van der Waals surface area (Å²) in [5, 5.41) is 2.65. The molecule has 0 aliphatic carbocycles. The fourth-order valence-corrected chi connectivity index (χ4v) is 4.96. The number of carbonyl (C=O) groups excluding carboxylic acids is 2. The molecule has 4 rings (SSSR count). The quantitative estimate of drug-likeness (QED) is 0.211. The Balaban J connectivity index is 1.59. The maximum Gasteiger partial charge on any atom is 0.270 e. The summed E-state index contributed by atoms with van der Waals surface area (Å²) in [7, 11) is 1.53. The summed E-state index contributed by atoms with van der Waals surface area (Å²) in [5.41, 5.74) is 3.10. The number of carbonyl (C=O) groups is 2. The van der Waals surface area contributed by atoms with E-state index >= 15 is 0 Å². The van der Waals surface area contributed by atoms with Gasteiger partial charge in [0.25, 0.3) is 11.8 Å². The van der Waals surface area contributed by atoms with Gasteiger partial charge >= 0.3 is 0 Å². The second kappa shape index (κ2) is 10.7. The number of anilines is 1. The average Bonchev–Trinajstić information content (AvgIpc) is 2.81. The zero-order chi connectivity index (χ0) is 25.1. The zero-order valence-electron chi connectivity index (χ0n) is 18.8. The summed E-state index contributed by atoms with van der Waals surface area (Å²) in [6.07, 6.45) is 1.51. The highest BCUT2D eigenvalue weighted by Crippen LogP contribution is 2.32. The fourth-order valence-electron chi connectivity index (χ4n) is 3.51. The van der Waals surface area contributed by atoms with Crippen LogP contribution in [0.5, 0.6) is 11.5 Å². The van der Waals surface area contributed by atoms with Crippen molar-refractivity contribution in [3.8, 4) is 11.5 Å². The molecule has 1 aliphatic rings. The number of benzene rings is 3. The summed E-state index contributed by atoms with van der Waals surface area (Å²) < 4.78 is 13.3. The zero-order valence-corrected chi connectivity index (χ0v) is 22.8. The highest BCUT2D eigenvalue weighted by Gasteiger charge is 2.34. The van der Waals surface area contributed by atoms with Crippen LogP contribution in [0.1, 0.15) is 16.7 Å². The topological polar surface area (TPSA) is 67.9 Å². The van der Waals surface area contributed by atoms with Gasteiger partial charge in [-0.15, -0.1) is 0 Å². The van der Waals surface area contributed by atoms with Crippen LogP contribution in [-0.2, 0) is 16.2 Å². The third-order valence-electron chi connectivity index (χ3n) is 5.26. The van der Waals surface area contributed by atoms with Crippen molar-refractivity contribution in [2.45, 2.75) is 13.5 Å². The number of nitrogens with zero attached hydrogens (tertiary/aromatic N) is 1. The highest BCUT2D eigenvalue weighted by molar-refractivity contribution is 9.11. The van der Waals surface area contributed by atoms with Crippen LogP contribution in [0.15, 0.2) is 75.2 Å². The lowest BCUT2D eigenvalue weighted by molar-refractivity contribution is -0.122. The molecule has 9 heteroatoms. The van der Waals surface area contributed by atoms with Gasteiger partial charge in [0, 0.05) is 14.5 Å². The number of amides is 2. The number of hydrogen-bond acceptors (Lipinski definition) is 5. The van der Waals surface area contributed by atoms with E-state index in [2.05, 4.69) is 37.2 Å². The van der Waals surface area contributed by atoms with E-state index < -0.39 is 11.8 Å². The molecule has 2 amide bonds. The van der Waals surface area contributed by atoms with E-state index in [1.54, 1.807) is 24.3 Å². The van der Waals surface area contributed by atoms with Crippen LogP contribution in [-0.4, -0.2) is 24.0 Å². The van der Waals surface area contributed by atoms with Crippen molar-refractivity contribution in [3.63, 3.8) is 0 Å². The first-order valence-corrected chi connectivity index (χ1v) is 12.5. The number of aryl methyl sites for hydroxylation is 1. The molecule has 0 spiro atoms. The third kappa shape index (κ3) is 5.63. The SMILES string of the molecule is COc1cc(/C=C2/C(=O)NC(=S)N(c3cccc(C)c3)C2=O)ccc1OCc1ccc(Br)cc1Br. The van der Waals surface area contributed by atoms with Crippen molar-refractivity contribution >= 4 is 72.8 Å². The molecular formula is C26H20Br2N2O4S. The Morgan fingerprint density at radius 3 is 2.54 bits per heavy atom. The van der Waals surface area contributed by atoms with Crippen molar-refractivity contribution in [2.24, 2.45) is 0 Å². The first-order chi connectivity index (χ1) is 16.8. The maximum atomic E-state index is 13.2. The Morgan fingerprint density at radius 1 is 1.03 bits per heavy atom. The molecule has 178 valence electrons. The Kier molecular flexibility index (Phi) is 7.69. The van der Waals surface area contributed by atoms with E-state index in [4.69, 9.17) is 21.7 Å². The smallest absolute Gasteiger partial charge is 0.270 e. The molecule has 0 unspecified atom stereocenters. The van der Waals surface area contributed by atoms with Gasteiger partial charge in [0.1, 0.15) is 12.2 Å². The van der Waals surface area contributed by atoms with Gasteiger partial charge in [-0.25, -0.2) is 0 Å². The Bertz CT molecular complexity index is 1370. The van der Waals surface area contributed by atoms with Gasteiger partial charge in [-0.3, -0.25) is 19.8 Å². The third-order valence-corrected chi connectivity index (χ3v) is 6.77. The molecule has 0 aromatic heterocycles. The summed E-state index contributed by atoms with van der Waals surface area (Å²) in [5.74, 6) is -0.0409. The summed E-state index contributed by atoms with van der Waals surface area (Å²) in [4.78, 5) is 27.2. The maximum absolute atomic E-state index is 13.2. The molecule has 0 atom stereocenters. The van der Waals surface area contributed by atoms with E-state index in [-0.39, 0.29) is 10.7 Å². The Labute approximate surface area is 225 Å². The van der Waals surface area contributed by atoms with Crippen molar-refractivity contribution in [1.82, 2.24) is 5.32 Å². The molecule has 1 aliphatic heterocycles. The fraction of sp³-hybridized carbons (Fsp3) is 0.115. The molecule has 1 saturated heterocycles. The summed E-state index contributed by atoms with van der Waals surface area (Å²) in [6.45, 7) is 2.25. The van der Waals surface area contributed by atoms with Crippen LogP contribution < -0.4 is 19.7 Å². The van der Waals surface area contributed by atoms with E-state index in [1.807, 2.05) is 43.3 Å². The van der Waals surface area contributed by atoms with Gasteiger partial charge < -0.3 is 9.47 Å². The van der Waals surface area contributed by atoms with Crippen molar-refractivity contribution in [2.75, 3.05) is 12.0 Å². The Hall–Kier alpha value is -3.01. The van der Waals surface area contributed by atoms with Gasteiger partial charge in [0.05, 0.1) is 12.8 Å². The van der Waals surface area contributed by atoms with Gasteiger partial charge in [-0.05, 0) is 72.7 Å². The molecule has 3 aromatic carbocycles. The normalized spacial score (nSPS) is 14.8. The lowest BCUT2D eigenvalue weighted by Gasteiger charge is -2.29. The van der Waals surface area contributed by atoms with E-state index in [9.17, 15) is 9.59 Å². The molecule has 3 aromatic rings. The second-order valence-corrected chi connectivity index (χ2v) is 9.89. The van der Waals surface area contributed by atoms with E-state index in [0.717, 1.165) is 20.1 Å². The standard InChI is InChI=1S/C26H20Br2N2O4S/c1-15-4-3-5-19(10-15)30-25(32)20(24(31)29-26(30)35)11-16-6-9-22(23(12-16)33-2)34-14-17-7-8-18(27)13-21(17)28/h3-13H,14H2,1-2H3,(H,29,31,35)/b20-11-. The Morgan fingerprint density at radius 2 is 1.83 bits per heavy atom. The number of hydrogen-bond donors (Lipinski definition) is 1. The second-order valence-electron chi connectivity index (χ2n) is 7.73. The first kappa shape index (κ1) is 25.1. The predicted molar refractivity (Wildman–Crippen MR) is 147 cm³/mol. The van der Waals surface area contributed by atoms with Gasteiger partial charge in [0.15, 0.2) is 16.6 Å². The lowest BCUT2D eigenvalue weighted by atomic mass is 10.1. The average molecular weight is 616 g/mol. The minimum atomic E-state index is -0.553. The molecule has 0 bridgehead atoms. The van der Waals surface area contributed by atoms with Crippen LogP contribution in [0.25, 0.3) is 6.08 Å². The van der Waals surface area contributed by atoms with Crippen molar-refractivity contribution in [3.05, 3.63) is 91.9 Å². The van der Waals surface area contributed by atoms with Gasteiger partial charge in [-0.2, -0.15) is 0 Å². The minimum Gasteiger partial charge on any atom is -0.493 e. The number of nitrogens with one attached hydrogen (secondary N) is 1. The van der Waals surface area contributed by atoms with Crippen molar-refractivity contribution < 1.29 is 19.1 Å². The first-order valence-electron chi connectivity index (χ1n) is 10.5. The number of thiocarbonyl (C=S) groups is 1.